The van der Waals surface area contributed by atoms with Crippen LogP contribution in [0.25, 0.3) is 32.7 Å². The van der Waals surface area contributed by atoms with Gasteiger partial charge in [-0.25, -0.2) is 11.8 Å². The summed E-state index contributed by atoms with van der Waals surface area (Å²) in [5.74, 6) is 8.90. The quantitative estimate of drug-likeness (QED) is 0.0275. The van der Waals surface area contributed by atoms with Gasteiger partial charge in [0.15, 0.2) is 13.6 Å². The fourth-order valence-corrected chi connectivity index (χ4v) is 8.02. The van der Waals surface area contributed by atoms with Gasteiger partial charge in [0.25, 0.3) is 0 Å². The van der Waals surface area contributed by atoms with Gasteiger partial charge in [-0.15, -0.1) is 0 Å². The number of ether oxygens (including phenoxy) is 14. The van der Waals surface area contributed by atoms with E-state index in [0.29, 0.717) is 97.1 Å². The molecule has 8 aromatic carbocycles. The van der Waals surface area contributed by atoms with Crippen molar-refractivity contribution >= 4 is 21.5 Å². The molecular weight excluding hydrogens is 1310 g/mol. The van der Waals surface area contributed by atoms with Crippen LogP contribution in [0.3, 0.4) is 0 Å². The normalized spacial score (nSPS) is 13.0. The Kier molecular flexibility index (Phi) is 20.6. The molecule has 0 radical (unpaired) electrons. The van der Waals surface area contributed by atoms with Crippen LogP contribution in [0, 0.1) is 25.7 Å². The van der Waals surface area contributed by atoms with Gasteiger partial charge in [-0.1, -0.05) is 93.2 Å². The van der Waals surface area contributed by atoms with Crippen LogP contribution in [0.2, 0.25) is 0 Å². The van der Waals surface area contributed by atoms with Crippen LogP contribution >= 0.6 is 0 Å². The molecule has 14 nitrogen and oxygen atoms in total. The molecule has 2 aliphatic rings. The van der Waals surface area contributed by atoms with Crippen LogP contribution < -0.4 is 47.4 Å². The van der Waals surface area contributed by atoms with Gasteiger partial charge in [0, 0.05) is 47.7 Å². The molecule has 0 atom stereocenters. The minimum atomic E-state index is -0.0385. The average Bonchev–Trinajstić information content (AvgIpc) is 3.39. The summed E-state index contributed by atoms with van der Waals surface area (Å²) in [4.78, 5) is 0. The first-order valence-corrected chi connectivity index (χ1v) is 24.2. The van der Waals surface area contributed by atoms with Gasteiger partial charge in [-0.05, 0) is 156 Å². The minimum absolute atomic E-state index is 0. The Hall–Kier alpha value is -6.50. The standard InChI is InChI=1S/C60H56O14.2W/c1-41-4-23-57-45(25-41)5-24-59(74-40-72-54-20-18-52(19-21-54)70-38-68-50-12-8-48(9-13-50)66-36-64-34-44-31-62-32-44)60(57)58-28-55(27-46-26-42(2)3-22-56(46)58)73-39-71-53-16-14-51(15-17-53)69-37-67-49-10-6-47(7-11-49)65-35-63-33-43-29-61-30-43;;/h3-28H,29-40H2,1-2H3;;/q-2;;. The Morgan fingerprint density at radius 3 is 1.09 bits per heavy atom. The van der Waals surface area contributed by atoms with E-state index in [0.717, 1.165) is 43.8 Å². The summed E-state index contributed by atoms with van der Waals surface area (Å²) < 4.78 is 80.8. The number of hydrogen-bond donors (Lipinski definition) is 0. The molecule has 2 fully saturated rings. The summed E-state index contributed by atoms with van der Waals surface area (Å²) in [5, 5.41) is 4.18. The van der Waals surface area contributed by atoms with E-state index in [1.165, 1.54) is 11.8 Å². The molecule has 0 amide bonds. The second kappa shape index (κ2) is 28.0. The zero-order valence-electron chi connectivity index (χ0n) is 42.0. The molecule has 0 N–H and O–H groups in total. The van der Waals surface area contributed by atoms with Gasteiger partial charge in [-0.3, -0.25) is 0 Å². The van der Waals surface area contributed by atoms with Crippen LogP contribution in [0.15, 0.2) is 158 Å². The molecule has 16 heteroatoms. The molecule has 8 aromatic rings. The van der Waals surface area contributed by atoms with Crippen molar-refractivity contribution < 1.29 is 108 Å². The molecule has 0 bridgehead atoms. The first-order valence-electron chi connectivity index (χ1n) is 24.2. The maximum Gasteiger partial charge on any atom is 0.230 e. The van der Waals surface area contributed by atoms with Gasteiger partial charge in [-0.2, -0.15) is 0 Å². The van der Waals surface area contributed by atoms with E-state index in [2.05, 4.69) is 56.3 Å². The summed E-state index contributed by atoms with van der Waals surface area (Å²) in [7, 11) is 0. The van der Waals surface area contributed by atoms with Crippen molar-refractivity contribution in [2.45, 2.75) is 13.8 Å². The molecule has 0 spiro atoms. The van der Waals surface area contributed by atoms with Crippen LogP contribution in [-0.4, -0.2) is 80.4 Å². The van der Waals surface area contributed by atoms with E-state index in [-0.39, 0.29) is 82.9 Å². The fourth-order valence-electron chi connectivity index (χ4n) is 8.02. The molecule has 0 aromatic heterocycles. The van der Waals surface area contributed by atoms with Crippen molar-refractivity contribution in [3.05, 3.63) is 181 Å². The third-order valence-electron chi connectivity index (χ3n) is 12.0. The van der Waals surface area contributed by atoms with E-state index >= 15 is 0 Å². The van der Waals surface area contributed by atoms with Crippen LogP contribution in [0.1, 0.15) is 11.1 Å². The zero-order chi connectivity index (χ0) is 50.3. The first-order chi connectivity index (χ1) is 36.4. The summed E-state index contributed by atoms with van der Waals surface area (Å²) >= 11 is 0. The Morgan fingerprint density at radius 1 is 0.342 bits per heavy atom. The summed E-state index contributed by atoms with van der Waals surface area (Å²) in [6.07, 6.45) is 0. The Morgan fingerprint density at radius 2 is 0.697 bits per heavy atom. The average molecular weight is 1370 g/mol. The van der Waals surface area contributed by atoms with E-state index in [1.54, 1.807) is 0 Å². The number of hydrogen-bond acceptors (Lipinski definition) is 14. The van der Waals surface area contributed by atoms with Gasteiger partial charge in [0.05, 0.1) is 0 Å². The predicted molar refractivity (Wildman–Crippen MR) is 278 cm³/mol. The smallest absolute Gasteiger partial charge is 0.230 e. The fraction of sp³-hybridized carbons (Fsp3) is 0.233. The van der Waals surface area contributed by atoms with Crippen molar-refractivity contribution in [2.24, 2.45) is 0 Å². The summed E-state index contributed by atoms with van der Waals surface area (Å²) in [6.45, 7) is 8.25. The number of fused-ring (bicyclic) bond motifs is 2. The van der Waals surface area contributed by atoms with Crippen molar-refractivity contribution in [3.8, 4) is 68.6 Å². The monoisotopic (exact) mass is 1370 g/mol. The van der Waals surface area contributed by atoms with Crippen molar-refractivity contribution in [2.75, 3.05) is 80.4 Å². The Balaban J connectivity index is 0.00000383. The van der Waals surface area contributed by atoms with E-state index in [1.807, 2.05) is 115 Å². The Bertz CT molecular complexity index is 3060. The number of aryl methyl sites for hydroxylation is 2. The molecule has 0 aliphatic carbocycles. The molecule has 0 saturated carbocycles. The Labute approximate surface area is 470 Å². The van der Waals surface area contributed by atoms with Crippen LogP contribution in [-0.2, 0) is 61.1 Å². The maximum absolute atomic E-state index is 6.48. The second-order valence-corrected chi connectivity index (χ2v) is 17.6. The minimum Gasteiger partial charge on any atom is -0.468 e. The summed E-state index contributed by atoms with van der Waals surface area (Å²) in [6, 6.07) is 50.1. The maximum atomic E-state index is 6.48. The van der Waals surface area contributed by atoms with Crippen molar-refractivity contribution in [1.82, 2.24) is 0 Å². The first kappa shape index (κ1) is 55.7. The SMILES string of the molecule is Cc1ccc2c(-c3c(OCOc4ccc(OCOc5ccc(OCOC[C-]6COC6)cc5)cc4)ccc4cc(C)ccc34)cc(OCOc3ccc(OCOc4ccc(OCOC[C-]5COC5)cc4)cc3)cc2c1.[W].[W]. The van der Waals surface area contributed by atoms with Gasteiger partial charge in [0.1, 0.15) is 57.5 Å². The van der Waals surface area contributed by atoms with Gasteiger partial charge in [0.2, 0.25) is 27.2 Å². The van der Waals surface area contributed by atoms with E-state index in [4.69, 9.17) is 66.3 Å². The predicted octanol–water partition coefficient (Wildman–Crippen LogP) is 11.8. The van der Waals surface area contributed by atoms with Crippen LogP contribution in [0.4, 0.5) is 0 Å². The largest absolute Gasteiger partial charge is 0.468 e. The summed E-state index contributed by atoms with van der Waals surface area (Å²) in [5.41, 5.74) is 4.14. The number of rotatable bonds is 27. The molecule has 2 aliphatic heterocycles. The second-order valence-electron chi connectivity index (χ2n) is 17.6. The van der Waals surface area contributed by atoms with Crippen LogP contribution in [0.5, 0.6) is 57.5 Å². The van der Waals surface area contributed by atoms with E-state index < -0.39 is 0 Å². The molecule has 2 saturated heterocycles. The van der Waals surface area contributed by atoms with Gasteiger partial charge < -0.3 is 66.3 Å². The molecule has 2 heterocycles. The molecule has 394 valence electrons. The molecular formula is C60H56O14W2-2. The number of benzene rings is 8. The third kappa shape index (κ3) is 15.6. The topological polar surface area (TPSA) is 129 Å². The molecule has 10 rings (SSSR count). The van der Waals surface area contributed by atoms with Crippen molar-refractivity contribution in [3.63, 3.8) is 0 Å². The van der Waals surface area contributed by atoms with Gasteiger partial charge >= 0.3 is 0 Å². The van der Waals surface area contributed by atoms with Crippen molar-refractivity contribution in [1.29, 1.82) is 0 Å². The zero-order valence-corrected chi connectivity index (χ0v) is 47.9. The van der Waals surface area contributed by atoms with E-state index in [9.17, 15) is 0 Å². The molecule has 76 heavy (non-hydrogen) atoms. The molecule has 0 unspecified atom stereocenters. The third-order valence-corrected chi connectivity index (χ3v) is 12.0.